The molecule has 1 aromatic carbocycles. The number of benzene rings is 1. The van der Waals surface area contributed by atoms with Crippen LogP contribution < -0.4 is 14.8 Å². The van der Waals surface area contributed by atoms with E-state index in [1.54, 1.807) is 31.4 Å². The first-order valence-electron chi connectivity index (χ1n) is 5.98. The second kappa shape index (κ2) is 5.58. The van der Waals surface area contributed by atoms with Crippen LogP contribution in [0, 0.1) is 0 Å². The first-order valence-corrected chi connectivity index (χ1v) is 7.53. The predicted octanol–water partition coefficient (Wildman–Crippen LogP) is 1.19. The van der Waals surface area contributed by atoms with Crippen LogP contribution in [-0.2, 0) is 10.0 Å². The average molecular weight is 270 g/mol. The largest absolute Gasteiger partial charge is 0.497 e. The van der Waals surface area contributed by atoms with Crippen LogP contribution in [0.3, 0.4) is 0 Å². The second-order valence-corrected chi connectivity index (χ2v) is 6.29. The van der Waals surface area contributed by atoms with Crippen molar-refractivity contribution in [3.05, 3.63) is 24.3 Å². The first-order chi connectivity index (χ1) is 8.62. The summed E-state index contributed by atoms with van der Waals surface area (Å²) in [6.45, 7) is 1.52. The van der Waals surface area contributed by atoms with Gasteiger partial charge in [0, 0.05) is 5.69 Å². The molecule has 0 aromatic heterocycles. The molecule has 0 aliphatic carbocycles. The lowest BCUT2D eigenvalue weighted by Gasteiger charge is -2.23. The Kier molecular flexibility index (Phi) is 4.08. The zero-order chi connectivity index (χ0) is 13.0. The van der Waals surface area contributed by atoms with E-state index in [-0.39, 0.29) is 5.25 Å². The Hall–Kier alpha value is -1.27. The highest BCUT2D eigenvalue weighted by Gasteiger charge is 2.26. The maximum Gasteiger partial charge on any atom is 0.235 e. The smallest absolute Gasteiger partial charge is 0.235 e. The van der Waals surface area contributed by atoms with Gasteiger partial charge in [-0.05, 0) is 50.2 Å². The number of sulfonamides is 1. The van der Waals surface area contributed by atoms with Crippen LogP contribution in [0.15, 0.2) is 24.3 Å². The monoisotopic (exact) mass is 270 g/mol. The minimum atomic E-state index is -3.29. The van der Waals surface area contributed by atoms with Gasteiger partial charge in [0.1, 0.15) is 5.75 Å². The van der Waals surface area contributed by atoms with Crippen molar-refractivity contribution >= 4 is 15.7 Å². The van der Waals surface area contributed by atoms with Gasteiger partial charge in [-0.25, -0.2) is 8.42 Å². The van der Waals surface area contributed by atoms with E-state index < -0.39 is 10.0 Å². The molecular weight excluding hydrogens is 252 g/mol. The molecule has 2 rings (SSSR count). The number of anilines is 1. The van der Waals surface area contributed by atoms with Gasteiger partial charge in [-0.1, -0.05) is 0 Å². The number of nitrogens with one attached hydrogen (secondary N) is 2. The zero-order valence-electron chi connectivity index (χ0n) is 10.3. The molecule has 6 heteroatoms. The normalized spacial score (nSPS) is 17.4. The van der Waals surface area contributed by atoms with Crippen molar-refractivity contribution < 1.29 is 13.2 Å². The summed E-state index contributed by atoms with van der Waals surface area (Å²) in [6.07, 6.45) is 1.32. The molecule has 1 aliphatic rings. The third-order valence-corrected chi connectivity index (χ3v) is 4.94. The lowest BCUT2D eigenvalue weighted by molar-refractivity contribution is 0.415. The van der Waals surface area contributed by atoms with Gasteiger partial charge in [0.25, 0.3) is 0 Å². The van der Waals surface area contributed by atoms with Gasteiger partial charge in [0.2, 0.25) is 10.0 Å². The molecule has 0 saturated carbocycles. The van der Waals surface area contributed by atoms with Crippen LogP contribution in [0.2, 0.25) is 0 Å². The molecule has 0 bridgehead atoms. The van der Waals surface area contributed by atoms with E-state index in [0.29, 0.717) is 24.3 Å². The van der Waals surface area contributed by atoms with Crippen molar-refractivity contribution in [2.75, 3.05) is 24.9 Å². The van der Waals surface area contributed by atoms with Crippen molar-refractivity contribution in [3.8, 4) is 5.75 Å². The number of methoxy groups -OCH3 is 1. The van der Waals surface area contributed by atoms with Crippen molar-refractivity contribution in [3.63, 3.8) is 0 Å². The summed E-state index contributed by atoms with van der Waals surface area (Å²) in [4.78, 5) is 0. The number of hydrogen-bond acceptors (Lipinski definition) is 4. The fourth-order valence-corrected chi connectivity index (χ4v) is 3.50. The maximum atomic E-state index is 12.1. The number of piperidine rings is 1. The summed E-state index contributed by atoms with van der Waals surface area (Å²) in [5, 5.41) is 2.85. The summed E-state index contributed by atoms with van der Waals surface area (Å²) >= 11 is 0. The van der Waals surface area contributed by atoms with Crippen molar-refractivity contribution in [1.82, 2.24) is 5.32 Å². The van der Waals surface area contributed by atoms with Gasteiger partial charge in [-0.2, -0.15) is 0 Å². The molecule has 0 unspecified atom stereocenters. The number of hydrogen-bond donors (Lipinski definition) is 2. The Labute approximate surface area is 108 Å². The summed E-state index contributed by atoms with van der Waals surface area (Å²) in [6, 6.07) is 6.88. The summed E-state index contributed by atoms with van der Waals surface area (Å²) in [5.74, 6) is 0.708. The third kappa shape index (κ3) is 3.14. The molecule has 2 N–H and O–H groups in total. The lowest BCUT2D eigenvalue weighted by atomic mass is 10.2. The molecule has 18 heavy (non-hydrogen) atoms. The molecule has 1 fully saturated rings. The van der Waals surface area contributed by atoms with Crippen LogP contribution >= 0.6 is 0 Å². The Morgan fingerprint density at radius 2 is 1.83 bits per heavy atom. The molecule has 5 nitrogen and oxygen atoms in total. The fourth-order valence-electron chi connectivity index (χ4n) is 2.01. The lowest BCUT2D eigenvalue weighted by Crippen LogP contribution is -2.38. The molecule has 0 spiro atoms. The van der Waals surface area contributed by atoms with Crippen molar-refractivity contribution in [1.29, 1.82) is 0 Å². The molecule has 0 atom stereocenters. The Balaban J connectivity index is 2.06. The highest BCUT2D eigenvalue weighted by molar-refractivity contribution is 7.93. The molecule has 1 heterocycles. The van der Waals surface area contributed by atoms with Gasteiger partial charge in [-0.15, -0.1) is 0 Å². The van der Waals surface area contributed by atoms with Gasteiger partial charge < -0.3 is 10.1 Å². The Morgan fingerprint density at radius 1 is 1.22 bits per heavy atom. The van der Waals surface area contributed by atoms with Gasteiger partial charge >= 0.3 is 0 Å². The quantitative estimate of drug-likeness (QED) is 0.862. The summed E-state index contributed by atoms with van der Waals surface area (Å²) in [5.41, 5.74) is 0.578. The molecule has 1 aliphatic heterocycles. The zero-order valence-corrected chi connectivity index (χ0v) is 11.2. The maximum absolute atomic E-state index is 12.1. The van der Waals surface area contributed by atoms with Crippen LogP contribution in [-0.4, -0.2) is 33.9 Å². The summed E-state index contributed by atoms with van der Waals surface area (Å²) < 4.78 is 31.9. The van der Waals surface area contributed by atoms with E-state index >= 15 is 0 Å². The fraction of sp³-hybridized carbons (Fsp3) is 0.500. The molecule has 1 aromatic rings. The van der Waals surface area contributed by atoms with E-state index in [1.165, 1.54) is 0 Å². The number of rotatable bonds is 4. The molecule has 0 amide bonds. The summed E-state index contributed by atoms with van der Waals surface area (Å²) in [7, 11) is -1.71. The van der Waals surface area contributed by atoms with Crippen LogP contribution in [0.25, 0.3) is 0 Å². The minimum Gasteiger partial charge on any atom is -0.497 e. The van der Waals surface area contributed by atoms with Crippen LogP contribution in [0.4, 0.5) is 5.69 Å². The average Bonchev–Trinajstić information content (AvgIpc) is 2.40. The molecule has 0 radical (unpaired) electrons. The molecular formula is C12H18N2O3S. The minimum absolute atomic E-state index is 0.305. The first kappa shape index (κ1) is 13.2. The van der Waals surface area contributed by atoms with Crippen molar-refractivity contribution in [2.24, 2.45) is 0 Å². The molecule has 1 saturated heterocycles. The van der Waals surface area contributed by atoms with E-state index in [2.05, 4.69) is 10.0 Å². The SMILES string of the molecule is COc1ccc(NS(=O)(=O)C2CCNCC2)cc1. The topological polar surface area (TPSA) is 67.4 Å². The van der Waals surface area contributed by atoms with E-state index in [9.17, 15) is 8.42 Å². The second-order valence-electron chi connectivity index (χ2n) is 4.32. The van der Waals surface area contributed by atoms with E-state index in [1.807, 2.05) is 0 Å². The van der Waals surface area contributed by atoms with Gasteiger partial charge in [-0.3, -0.25) is 4.72 Å². The van der Waals surface area contributed by atoms with Crippen LogP contribution in [0.5, 0.6) is 5.75 Å². The number of ether oxygens (including phenoxy) is 1. The van der Waals surface area contributed by atoms with E-state index in [4.69, 9.17) is 4.74 Å². The molecule has 100 valence electrons. The van der Waals surface area contributed by atoms with Gasteiger partial charge in [0.05, 0.1) is 12.4 Å². The van der Waals surface area contributed by atoms with Crippen LogP contribution in [0.1, 0.15) is 12.8 Å². The van der Waals surface area contributed by atoms with Crippen molar-refractivity contribution in [2.45, 2.75) is 18.1 Å². The standard InChI is InChI=1S/C12H18N2O3S/c1-17-11-4-2-10(3-5-11)14-18(15,16)12-6-8-13-9-7-12/h2-5,12-14H,6-9H2,1H3. The highest BCUT2D eigenvalue weighted by Crippen LogP contribution is 2.20. The predicted molar refractivity (Wildman–Crippen MR) is 71.4 cm³/mol. The van der Waals surface area contributed by atoms with Gasteiger partial charge in [0.15, 0.2) is 0 Å². The third-order valence-electron chi connectivity index (χ3n) is 3.08. The Bertz CT molecular complexity index is 479. The van der Waals surface area contributed by atoms with E-state index in [0.717, 1.165) is 13.1 Å². The highest BCUT2D eigenvalue weighted by atomic mass is 32.2. The Morgan fingerprint density at radius 3 is 2.39 bits per heavy atom.